The van der Waals surface area contributed by atoms with Gasteiger partial charge in [0.15, 0.2) is 0 Å². The molecule has 0 atom stereocenters. The lowest BCUT2D eigenvalue weighted by molar-refractivity contribution is 0.0954. The van der Waals surface area contributed by atoms with Gasteiger partial charge in [0, 0.05) is 17.0 Å². The van der Waals surface area contributed by atoms with Gasteiger partial charge in [0.05, 0.1) is 16.8 Å². The summed E-state index contributed by atoms with van der Waals surface area (Å²) in [6.45, 7) is 0.491. The monoisotopic (exact) mass is 333 g/mol. The zero-order chi connectivity index (χ0) is 15.5. The maximum Gasteiger partial charge on any atom is 0.252 e. The summed E-state index contributed by atoms with van der Waals surface area (Å²) in [6.07, 6.45) is 2.41. The predicted molar refractivity (Wildman–Crippen MR) is 88.7 cm³/mol. The van der Waals surface area contributed by atoms with Crippen LogP contribution in [0.4, 0.5) is 0 Å². The van der Waals surface area contributed by atoms with Crippen molar-refractivity contribution in [1.29, 1.82) is 0 Å². The highest BCUT2D eigenvalue weighted by atomic mass is 35.5. The lowest BCUT2D eigenvalue weighted by Crippen LogP contribution is -2.25. The summed E-state index contributed by atoms with van der Waals surface area (Å²) in [5, 5.41) is 4.78. The Morgan fingerprint density at radius 1 is 1.14 bits per heavy atom. The molecule has 0 aliphatic carbocycles. The van der Waals surface area contributed by atoms with Crippen LogP contribution >= 0.6 is 23.2 Å². The molecule has 2 aromatic carbocycles. The molecule has 3 aromatic rings. The molecule has 1 N–H and O–H groups in total. The molecule has 0 fully saturated rings. The molecule has 0 bridgehead atoms. The van der Waals surface area contributed by atoms with Gasteiger partial charge < -0.3 is 9.73 Å². The number of carbonyl (C=O) groups is 1. The summed E-state index contributed by atoms with van der Waals surface area (Å²) in [5.74, 6) is -0.236. The second-order valence-corrected chi connectivity index (χ2v) is 5.73. The van der Waals surface area contributed by atoms with Crippen molar-refractivity contribution in [2.45, 2.75) is 6.42 Å². The van der Waals surface area contributed by atoms with Gasteiger partial charge in [-0.15, -0.1) is 0 Å². The summed E-state index contributed by atoms with van der Waals surface area (Å²) < 4.78 is 5.47. The maximum atomic E-state index is 12.1. The second kappa shape index (κ2) is 6.42. The molecule has 0 aliphatic heterocycles. The van der Waals surface area contributed by atoms with Crippen molar-refractivity contribution in [3.05, 3.63) is 69.9 Å². The summed E-state index contributed by atoms with van der Waals surface area (Å²) in [6, 6.07) is 12.6. The van der Waals surface area contributed by atoms with Gasteiger partial charge in [0.2, 0.25) is 0 Å². The van der Waals surface area contributed by atoms with Crippen molar-refractivity contribution in [3.63, 3.8) is 0 Å². The van der Waals surface area contributed by atoms with Crippen molar-refractivity contribution in [2.24, 2.45) is 0 Å². The van der Waals surface area contributed by atoms with Gasteiger partial charge in [0.1, 0.15) is 5.58 Å². The number of hydrogen-bond donors (Lipinski definition) is 1. The predicted octanol–water partition coefficient (Wildman–Crippen LogP) is 4.71. The van der Waals surface area contributed by atoms with Crippen molar-refractivity contribution < 1.29 is 9.21 Å². The van der Waals surface area contributed by atoms with E-state index in [4.69, 9.17) is 27.6 Å². The largest absolute Gasteiger partial charge is 0.464 e. The normalized spacial score (nSPS) is 10.8. The fourth-order valence-corrected chi connectivity index (χ4v) is 2.68. The Balaban J connectivity index is 1.65. The molecule has 0 unspecified atom stereocenters. The van der Waals surface area contributed by atoms with Crippen molar-refractivity contribution in [1.82, 2.24) is 5.32 Å². The molecule has 1 heterocycles. The quantitative estimate of drug-likeness (QED) is 0.751. The third-order valence-corrected chi connectivity index (χ3v) is 3.98. The van der Waals surface area contributed by atoms with E-state index in [0.717, 1.165) is 16.5 Å². The van der Waals surface area contributed by atoms with Gasteiger partial charge in [-0.1, -0.05) is 41.4 Å². The van der Waals surface area contributed by atoms with E-state index < -0.39 is 0 Å². The number of nitrogens with one attached hydrogen (secondary N) is 1. The highest BCUT2D eigenvalue weighted by Crippen LogP contribution is 2.22. The first-order valence-electron chi connectivity index (χ1n) is 6.83. The first-order valence-corrected chi connectivity index (χ1v) is 7.59. The first-order chi connectivity index (χ1) is 10.6. The minimum Gasteiger partial charge on any atom is -0.464 e. The topological polar surface area (TPSA) is 42.2 Å². The van der Waals surface area contributed by atoms with Crippen LogP contribution in [-0.4, -0.2) is 12.5 Å². The van der Waals surface area contributed by atoms with Crippen LogP contribution in [0.1, 0.15) is 15.9 Å². The van der Waals surface area contributed by atoms with Gasteiger partial charge in [-0.05, 0) is 36.2 Å². The number of rotatable bonds is 4. The van der Waals surface area contributed by atoms with Crippen molar-refractivity contribution in [2.75, 3.05) is 6.54 Å². The van der Waals surface area contributed by atoms with Crippen LogP contribution in [0.15, 0.2) is 53.1 Å². The third-order valence-electron chi connectivity index (χ3n) is 3.41. The molecule has 0 radical (unpaired) electrons. The van der Waals surface area contributed by atoms with Crippen LogP contribution in [0.5, 0.6) is 0 Å². The average Bonchev–Trinajstić information content (AvgIpc) is 2.93. The number of halogens is 2. The molecule has 0 saturated carbocycles. The van der Waals surface area contributed by atoms with E-state index in [1.165, 1.54) is 0 Å². The fourth-order valence-electron chi connectivity index (χ4n) is 2.30. The van der Waals surface area contributed by atoms with E-state index in [1.54, 1.807) is 24.5 Å². The van der Waals surface area contributed by atoms with Gasteiger partial charge >= 0.3 is 0 Å². The summed E-state index contributed by atoms with van der Waals surface area (Å²) in [7, 11) is 0. The Bertz CT molecular complexity index is 826. The van der Waals surface area contributed by atoms with E-state index >= 15 is 0 Å². The van der Waals surface area contributed by atoms with E-state index in [9.17, 15) is 4.79 Å². The minimum atomic E-state index is -0.236. The molecule has 1 aromatic heterocycles. The van der Waals surface area contributed by atoms with E-state index in [0.29, 0.717) is 28.6 Å². The SMILES string of the molecule is O=C(NCCc1coc2ccccc12)c1cc(Cl)ccc1Cl. The molecule has 3 rings (SSSR count). The highest BCUT2D eigenvalue weighted by Gasteiger charge is 2.11. The van der Waals surface area contributed by atoms with Gasteiger partial charge in [-0.3, -0.25) is 4.79 Å². The highest BCUT2D eigenvalue weighted by molar-refractivity contribution is 6.35. The molecule has 22 heavy (non-hydrogen) atoms. The Kier molecular flexibility index (Phi) is 4.36. The number of para-hydroxylation sites is 1. The van der Waals surface area contributed by atoms with E-state index in [1.807, 2.05) is 24.3 Å². The van der Waals surface area contributed by atoms with Crippen molar-refractivity contribution >= 4 is 40.1 Å². The average molecular weight is 334 g/mol. The molecule has 3 nitrogen and oxygen atoms in total. The zero-order valence-electron chi connectivity index (χ0n) is 11.6. The van der Waals surface area contributed by atoms with Crippen LogP contribution < -0.4 is 5.32 Å². The Morgan fingerprint density at radius 2 is 1.95 bits per heavy atom. The lowest BCUT2D eigenvalue weighted by atomic mass is 10.1. The lowest BCUT2D eigenvalue weighted by Gasteiger charge is -2.06. The molecular formula is C17H13Cl2NO2. The molecule has 5 heteroatoms. The number of furan rings is 1. The molecule has 0 saturated heterocycles. The number of amides is 1. The fraction of sp³-hybridized carbons (Fsp3) is 0.118. The Hall–Kier alpha value is -1.97. The molecule has 112 valence electrons. The first kappa shape index (κ1) is 14.9. The Labute approximate surface area is 137 Å². The van der Waals surface area contributed by atoms with Crippen LogP contribution in [0, 0.1) is 0 Å². The summed E-state index contributed by atoms with van der Waals surface area (Å²) >= 11 is 11.9. The molecule has 1 amide bonds. The standard InChI is InChI=1S/C17H13Cl2NO2/c18-12-5-6-15(19)14(9-12)17(21)20-8-7-11-10-22-16-4-2-1-3-13(11)16/h1-6,9-10H,7-8H2,(H,20,21). The summed E-state index contributed by atoms with van der Waals surface area (Å²) in [4.78, 5) is 12.1. The minimum absolute atomic E-state index is 0.236. The number of carbonyl (C=O) groups excluding carboxylic acids is 1. The molecular weight excluding hydrogens is 321 g/mol. The molecule has 0 aliphatic rings. The molecule has 0 spiro atoms. The number of hydrogen-bond acceptors (Lipinski definition) is 2. The van der Waals surface area contributed by atoms with Gasteiger partial charge in [-0.25, -0.2) is 0 Å². The second-order valence-electron chi connectivity index (χ2n) is 4.89. The van der Waals surface area contributed by atoms with Crippen LogP contribution in [0.2, 0.25) is 10.0 Å². The van der Waals surface area contributed by atoms with Gasteiger partial charge in [-0.2, -0.15) is 0 Å². The van der Waals surface area contributed by atoms with E-state index in [2.05, 4.69) is 5.32 Å². The maximum absolute atomic E-state index is 12.1. The van der Waals surface area contributed by atoms with Crippen LogP contribution in [0.25, 0.3) is 11.0 Å². The Morgan fingerprint density at radius 3 is 2.82 bits per heavy atom. The third kappa shape index (κ3) is 3.11. The number of fused-ring (bicyclic) bond motifs is 1. The zero-order valence-corrected chi connectivity index (χ0v) is 13.1. The number of benzene rings is 2. The summed E-state index contributed by atoms with van der Waals surface area (Å²) in [5.41, 5.74) is 2.29. The van der Waals surface area contributed by atoms with E-state index in [-0.39, 0.29) is 5.91 Å². The van der Waals surface area contributed by atoms with Gasteiger partial charge in [0.25, 0.3) is 5.91 Å². The van der Waals surface area contributed by atoms with Crippen molar-refractivity contribution in [3.8, 4) is 0 Å². The smallest absolute Gasteiger partial charge is 0.252 e. The van der Waals surface area contributed by atoms with Crippen LogP contribution in [-0.2, 0) is 6.42 Å². The van der Waals surface area contributed by atoms with Crippen LogP contribution in [0.3, 0.4) is 0 Å².